The van der Waals surface area contributed by atoms with Crippen LogP contribution in [0.4, 0.5) is 8.78 Å². The minimum absolute atomic E-state index is 0.00252. The highest BCUT2D eigenvalue weighted by Crippen LogP contribution is 2.26. The van der Waals surface area contributed by atoms with E-state index in [1.807, 2.05) is 69.3 Å². The van der Waals surface area contributed by atoms with Crippen LogP contribution < -0.4 is 22.5 Å². The van der Waals surface area contributed by atoms with Crippen molar-refractivity contribution in [1.82, 2.24) is 18.7 Å². The third-order valence-corrected chi connectivity index (χ3v) is 11.2. The molecule has 69 heavy (non-hydrogen) atoms. The lowest BCUT2D eigenvalue weighted by molar-refractivity contribution is -0.156. The van der Waals surface area contributed by atoms with Crippen LogP contribution in [0.25, 0.3) is 0 Å². The van der Waals surface area contributed by atoms with Crippen molar-refractivity contribution in [2.24, 2.45) is 0 Å². The van der Waals surface area contributed by atoms with Gasteiger partial charge in [-0.05, 0) is 116 Å². The molecule has 0 saturated heterocycles. The van der Waals surface area contributed by atoms with Crippen LogP contribution in [0.3, 0.4) is 0 Å². The van der Waals surface area contributed by atoms with Gasteiger partial charge in [-0.15, -0.1) is 0 Å². The molecule has 0 fully saturated rings. The molecule has 0 amide bonds. The molecule has 0 unspecified atom stereocenters. The normalized spacial score (nSPS) is 12.1. The van der Waals surface area contributed by atoms with Gasteiger partial charge in [-0.3, -0.25) is 37.9 Å². The van der Waals surface area contributed by atoms with Crippen LogP contribution in [0.15, 0.2) is 128 Å². The zero-order valence-corrected chi connectivity index (χ0v) is 41.7. The van der Waals surface area contributed by atoms with Crippen LogP contribution in [0.2, 0.25) is 0 Å². The summed E-state index contributed by atoms with van der Waals surface area (Å²) in [5.74, 6) is -1.49. The highest BCUT2D eigenvalue weighted by atomic mass is 19.1. The maximum atomic E-state index is 14.5. The van der Waals surface area contributed by atoms with Crippen LogP contribution in [-0.4, -0.2) is 41.8 Å². The molecule has 14 heteroatoms. The largest absolute Gasteiger partial charge is 0.460 e. The van der Waals surface area contributed by atoms with E-state index in [1.54, 1.807) is 72.7 Å². The lowest BCUT2D eigenvalue weighted by Gasteiger charge is -2.23. The summed E-state index contributed by atoms with van der Waals surface area (Å²) in [4.78, 5) is 75.6. The number of nitrogens with zero attached hydrogens (tertiary/aromatic N) is 3. The zero-order chi connectivity index (χ0) is 51.2. The van der Waals surface area contributed by atoms with Crippen molar-refractivity contribution in [3.63, 3.8) is 0 Å². The van der Waals surface area contributed by atoms with E-state index in [4.69, 9.17) is 9.47 Å². The summed E-state index contributed by atoms with van der Waals surface area (Å²) < 4.78 is 42.8. The van der Waals surface area contributed by atoms with Gasteiger partial charge in [-0.2, -0.15) is 0 Å². The average molecular weight is 949 g/mol. The summed E-state index contributed by atoms with van der Waals surface area (Å²) in [6, 6.07) is 31.6. The highest BCUT2D eigenvalue weighted by Gasteiger charge is 2.25. The summed E-state index contributed by atoms with van der Waals surface area (Å²) in [6.45, 7) is 20.1. The number of nitrogens with one attached hydrogen (secondary N) is 1. The number of carbonyl (C=O) groups excluding carboxylic acids is 2. The number of hydrogen-bond donors (Lipinski definition) is 1. The van der Waals surface area contributed by atoms with E-state index < -0.39 is 51.4 Å². The van der Waals surface area contributed by atoms with Crippen LogP contribution in [0.5, 0.6) is 0 Å². The Bertz CT molecular complexity index is 2890. The van der Waals surface area contributed by atoms with Gasteiger partial charge in [0, 0.05) is 47.1 Å². The van der Waals surface area contributed by atoms with E-state index in [2.05, 4.69) is 24.0 Å². The van der Waals surface area contributed by atoms with Gasteiger partial charge in [-0.25, -0.2) is 18.4 Å². The Labute approximate surface area is 402 Å². The number of rotatable bonds is 13. The van der Waals surface area contributed by atoms with Crippen molar-refractivity contribution in [3.8, 4) is 0 Å². The lowest BCUT2D eigenvalue weighted by atomic mass is 9.93. The van der Waals surface area contributed by atoms with Gasteiger partial charge in [0.1, 0.15) is 22.8 Å². The van der Waals surface area contributed by atoms with Crippen molar-refractivity contribution < 1.29 is 27.8 Å². The number of ether oxygens (including phenoxy) is 2. The van der Waals surface area contributed by atoms with E-state index in [-0.39, 0.29) is 43.8 Å². The van der Waals surface area contributed by atoms with Gasteiger partial charge < -0.3 is 9.47 Å². The molecule has 0 bridgehead atoms. The van der Waals surface area contributed by atoms with Crippen LogP contribution >= 0.6 is 0 Å². The van der Waals surface area contributed by atoms with Gasteiger partial charge in [0.05, 0.1) is 25.9 Å². The number of aryl methyl sites for hydroxylation is 4. The second kappa shape index (κ2) is 24.4. The lowest BCUT2D eigenvalue weighted by Crippen LogP contribution is -2.42. The fourth-order valence-electron chi connectivity index (χ4n) is 7.59. The van der Waals surface area contributed by atoms with Crippen LogP contribution in [-0.2, 0) is 38.7 Å². The van der Waals surface area contributed by atoms with Gasteiger partial charge in [0.25, 0.3) is 11.1 Å². The Morgan fingerprint density at radius 2 is 1.01 bits per heavy atom. The molecule has 6 aromatic rings. The molecule has 12 nitrogen and oxygen atoms in total. The van der Waals surface area contributed by atoms with E-state index >= 15 is 0 Å². The number of carbonyl (C=O) groups is 2. The average Bonchev–Trinajstić information content (AvgIpc) is 3.25. The Morgan fingerprint density at radius 3 is 1.45 bits per heavy atom. The maximum absolute atomic E-state index is 14.5. The van der Waals surface area contributed by atoms with Gasteiger partial charge in [-0.1, -0.05) is 91.9 Å². The third-order valence-electron chi connectivity index (χ3n) is 11.2. The standard InChI is InChI=1S/C27H31FN2O4.C15H22O2.C13H13FN2O2/c1-18-10-9-13-23(28)22(18)17-29-19(2)14-24(31)30(26(29)33)16-21(20-11-7-6-8-12-20)15-25(32)34-27(3,4)5;1-5-12(13-9-7-6-8-10-13)11-14(16)17-15(2,3)4;1-8-4-3-5-11(14)10(8)7-16-9(2)6-12(17)15-13(16)18/h6-14,21H,15-17H2,1-5H3;6-10,12H,5,11H2,1-4H3;3-6H,7H2,1-2H3,(H,15,17,18)/t21-;12-;/m01./s1. The Hall–Kier alpha value is -6.96. The zero-order valence-electron chi connectivity index (χ0n) is 41.7. The number of esters is 2. The molecule has 0 spiro atoms. The first-order chi connectivity index (χ1) is 32.4. The smallest absolute Gasteiger partial charge is 0.331 e. The molecule has 2 heterocycles. The number of benzene rings is 4. The Balaban J connectivity index is 0.000000249. The molecule has 0 aliphatic carbocycles. The van der Waals surface area contributed by atoms with Crippen molar-refractivity contribution in [2.45, 2.75) is 138 Å². The fraction of sp³-hybridized carbons (Fsp3) is 0.382. The molecule has 1 N–H and O–H groups in total. The number of aromatic nitrogens is 4. The molecule has 0 aliphatic heterocycles. The van der Waals surface area contributed by atoms with Crippen molar-refractivity contribution in [2.75, 3.05) is 0 Å². The summed E-state index contributed by atoms with van der Waals surface area (Å²) in [5, 5.41) is 0. The second-order valence-electron chi connectivity index (χ2n) is 19.0. The van der Waals surface area contributed by atoms with E-state index in [9.17, 15) is 37.5 Å². The number of aromatic amines is 1. The van der Waals surface area contributed by atoms with Crippen molar-refractivity contribution >= 4 is 11.9 Å². The maximum Gasteiger partial charge on any atom is 0.331 e. The van der Waals surface area contributed by atoms with Gasteiger partial charge in [0.15, 0.2) is 0 Å². The topological polar surface area (TPSA) is 151 Å². The van der Waals surface area contributed by atoms with E-state index in [1.165, 1.54) is 39.0 Å². The molecule has 6 rings (SSSR count). The summed E-state index contributed by atoms with van der Waals surface area (Å²) in [7, 11) is 0. The van der Waals surface area contributed by atoms with Gasteiger partial charge in [0.2, 0.25) is 0 Å². The second-order valence-corrected chi connectivity index (χ2v) is 19.0. The van der Waals surface area contributed by atoms with Crippen LogP contribution in [0.1, 0.15) is 124 Å². The highest BCUT2D eigenvalue weighted by molar-refractivity contribution is 5.71. The first kappa shape index (κ1) is 54.6. The molecular weight excluding hydrogens is 883 g/mol. The SMILES string of the molecule is CC[C@H](CC(=O)OC(C)(C)C)c1ccccc1.Cc1cccc(F)c1Cn1c(C)cc(=O)[nH]c1=O.Cc1cccc(F)c1Cn1c(C)cc(=O)n(C[C@H](CC(=O)OC(C)(C)C)c2ccccc2)c1=O. The predicted molar refractivity (Wildman–Crippen MR) is 266 cm³/mol. The van der Waals surface area contributed by atoms with Crippen LogP contribution in [0, 0.1) is 39.3 Å². The molecule has 2 atom stereocenters. The molecule has 0 aliphatic rings. The minimum atomic E-state index is -0.649. The first-order valence-electron chi connectivity index (χ1n) is 23.0. The summed E-state index contributed by atoms with van der Waals surface area (Å²) in [6.07, 6.45) is 1.41. The van der Waals surface area contributed by atoms with Gasteiger partial charge >= 0.3 is 23.3 Å². The van der Waals surface area contributed by atoms with Crippen molar-refractivity contribution in [1.29, 1.82) is 0 Å². The quantitative estimate of drug-likeness (QED) is 0.113. The number of H-pyrrole nitrogens is 1. The molecule has 368 valence electrons. The molecule has 4 aromatic carbocycles. The molecule has 0 radical (unpaired) electrons. The molecule has 2 aromatic heterocycles. The van der Waals surface area contributed by atoms with Crippen molar-refractivity contribution in [3.05, 3.63) is 207 Å². The predicted octanol–water partition coefficient (Wildman–Crippen LogP) is 9.58. The molecule has 0 saturated carbocycles. The summed E-state index contributed by atoms with van der Waals surface area (Å²) >= 11 is 0. The first-order valence-corrected chi connectivity index (χ1v) is 23.0. The Kier molecular flexibility index (Phi) is 19.3. The number of hydrogen-bond acceptors (Lipinski definition) is 8. The summed E-state index contributed by atoms with van der Waals surface area (Å²) in [5.41, 5.74) is 2.29. The third kappa shape index (κ3) is 16.7. The van der Waals surface area contributed by atoms with E-state index in [0.717, 1.165) is 27.7 Å². The fourth-order valence-corrected chi connectivity index (χ4v) is 7.59. The van der Waals surface area contributed by atoms with E-state index in [0.29, 0.717) is 28.9 Å². The molecular formula is C55H66F2N4O8. The minimum Gasteiger partial charge on any atom is -0.460 e. The number of halogens is 2. The Morgan fingerprint density at radius 1 is 0.580 bits per heavy atom. The monoisotopic (exact) mass is 948 g/mol.